The molecule has 1 nitrogen and oxygen atoms in total. The molecule has 0 aliphatic carbocycles. The zero-order valence-corrected chi connectivity index (χ0v) is 10.1. The largest absolute Gasteiger partial charge is 0.436 e. The van der Waals surface area contributed by atoms with Gasteiger partial charge in [0.25, 0.3) is 4.51 Å². The monoisotopic (exact) mass is 228 g/mol. The van der Waals surface area contributed by atoms with E-state index >= 15 is 0 Å². The quantitative estimate of drug-likeness (QED) is 0.533. The smallest absolute Gasteiger partial charge is 0.260 e. The molecule has 0 aliphatic rings. The second-order valence-corrected chi connectivity index (χ2v) is 5.05. The first-order valence-electron chi connectivity index (χ1n) is 4.37. The molecule has 1 rings (SSSR count). The molecule has 0 aliphatic heterocycles. The van der Waals surface area contributed by atoms with E-state index < -0.39 is 0 Å². The Morgan fingerprint density at radius 2 is 1.71 bits per heavy atom. The zero-order chi connectivity index (χ0) is 10.8. The van der Waals surface area contributed by atoms with E-state index in [0.717, 1.165) is 0 Å². The molecule has 0 heterocycles. The highest BCUT2D eigenvalue weighted by molar-refractivity contribution is 7.82. The van der Waals surface area contributed by atoms with Gasteiger partial charge in [-0.25, -0.2) is 0 Å². The minimum atomic E-state index is 0.0218. The van der Waals surface area contributed by atoms with Gasteiger partial charge in [0, 0.05) is 0 Å². The molecule has 76 valence electrons. The number of halogens is 1. The predicted molar refractivity (Wildman–Crippen MR) is 64.2 cm³/mol. The fourth-order valence-electron chi connectivity index (χ4n) is 1.12. The molecule has 0 saturated carbocycles. The molecule has 1 aromatic rings. The lowest BCUT2D eigenvalue weighted by molar-refractivity contribution is 0.568. The molecule has 0 unspecified atom stereocenters. The molecule has 0 amide bonds. The Labute approximate surface area is 95.0 Å². The SMILES string of the molecule is CC(C)(C)c1ccc(OC(=S)Cl)cc1. The Kier molecular flexibility index (Phi) is 3.51. The summed E-state index contributed by atoms with van der Waals surface area (Å²) < 4.78 is 5.10. The van der Waals surface area contributed by atoms with Crippen LogP contribution in [0.2, 0.25) is 0 Å². The van der Waals surface area contributed by atoms with Crippen molar-refractivity contribution >= 4 is 28.3 Å². The normalized spacial score (nSPS) is 11.1. The molecule has 3 heteroatoms. The third-order valence-corrected chi connectivity index (χ3v) is 2.08. The number of hydrogen-bond donors (Lipinski definition) is 0. The fourth-order valence-corrected chi connectivity index (χ4v) is 1.30. The van der Waals surface area contributed by atoms with Crippen LogP contribution in [0.5, 0.6) is 5.75 Å². The molecule has 14 heavy (non-hydrogen) atoms. The summed E-state index contributed by atoms with van der Waals surface area (Å²) in [7, 11) is 0. The van der Waals surface area contributed by atoms with Gasteiger partial charge in [0.15, 0.2) is 0 Å². The van der Waals surface area contributed by atoms with E-state index in [-0.39, 0.29) is 9.92 Å². The molecule has 0 bridgehead atoms. The lowest BCUT2D eigenvalue weighted by Gasteiger charge is -2.18. The highest BCUT2D eigenvalue weighted by Gasteiger charge is 2.12. The Hall–Kier alpha value is -0.600. The summed E-state index contributed by atoms with van der Waals surface area (Å²) in [5.74, 6) is 0.679. The molecule has 1 aromatic carbocycles. The molecular weight excluding hydrogens is 216 g/mol. The molecule has 0 N–H and O–H groups in total. The Morgan fingerprint density at radius 1 is 1.21 bits per heavy atom. The Morgan fingerprint density at radius 3 is 2.07 bits per heavy atom. The van der Waals surface area contributed by atoms with Gasteiger partial charge < -0.3 is 4.74 Å². The van der Waals surface area contributed by atoms with Crippen molar-refractivity contribution in [2.75, 3.05) is 0 Å². The van der Waals surface area contributed by atoms with Gasteiger partial charge in [-0.2, -0.15) is 0 Å². The average molecular weight is 229 g/mol. The minimum absolute atomic E-state index is 0.0218. The molecule has 0 aromatic heterocycles. The van der Waals surface area contributed by atoms with E-state index in [2.05, 4.69) is 33.0 Å². The van der Waals surface area contributed by atoms with Gasteiger partial charge in [-0.15, -0.1) is 0 Å². The summed E-state index contributed by atoms with van der Waals surface area (Å²) in [6.07, 6.45) is 0. The van der Waals surface area contributed by atoms with Gasteiger partial charge in [0.05, 0.1) is 0 Å². The van der Waals surface area contributed by atoms with Crippen LogP contribution in [0, 0.1) is 0 Å². The topological polar surface area (TPSA) is 9.23 Å². The van der Waals surface area contributed by atoms with Gasteiger partial charge in [-0.1, -0.05) is 32.9 Å². The highest BCUT2D eigenvalue weighted by atomic mass is 35.5. The van der Waals surface area contributed by atoms with Gasteiger partial charge in [-0.05, 0) is 46.9 Å². The van der Waals surface area contributed by atoms with Crippen LogP contribution < -0.4 is 4.74 Å². The predicted octanol–water partition coefficient (Wildman–Crippen LogP) is 3.89. The number of benzene rings is 1. The highest BCUT2D eigenvalue weighted by Crippen LogP contribution is 2.24. The van der Waals surface area contributed by atoms with Crippen LogP contribution >= 0.6 is 23.8 Å². The second kappa shape index (κ2) is 4.28. The zero-order valence-electron chi connectivity index (χ0n) is 8.50. The number of ether oxygens (including phenoxy) is 1. The van der Waals surface area contributed by atoms with E-state index in [4.69, 9.17) is 16.3 Å². The summed E-state index contributed by atoms with van der Waals surface area (Å²) in [5, 5.41) is 0. The van der Waals surface area contributed by atoms with Crippen molar-refractivity contribution in [3.05, 3.63) is 29.8 Å². The molecule has 0 atom stereocenters. The van der Waals surface area contributed by atoms with Crippen molar-refractivity contribution in [1.29, 1.82) is 0 Å². The van der Waals surface area contributed by atoms with Gasteiger partial charge in [-0.3, -0.25) is 0 Å². The van der Waals surface area contributed by atoms with Crippen LogP contribution in [-0.4, -0.2) is 4.51 Å². The van der Waals surface area contributed by atoms with Crippen LogP contribution in [0.25, 0.3) is 0 Å². The molecule has 0 radical (unpaired) electrons. The summed E-state index contributed by atoms with van der Waals surface area (Å²) >= 11 is 10.1. The Balaban J connectivity index is 2.84. The number of hydrogen-bond acceptors (Lipinski definition) is 2. The maximum Gasteiger partial charge on any atom is 0.260 e. The van der Waals surface area contributed by atoms with Crippen LogP contribution in [0.1, 0.15) is 26.3 Å². The van der Waals surface area contributed by atoms with E-state index in [1.54, 1.807) is 0 Å². The van der Waals surface area contributed by atoms with Crippen LogP contribution in [0.3, 0.4) is 0 Å². The fraction of sp³-hybridized carbons (Fsp3) is 0.364. The average Bonchev–Trinajstić information content (AvgIpc) is 2.02. The van der Waals surface area contributed by atoms with Crippen molar-refractivity contribution in [2.24, 2.45) is 0 Å². The lowest BCUT2D eigenvalue weighted by Crippen LogP contribution is -2.10. The van der Waals surface area contributed by atoms with Crippen molar-refractivity contribution < 1.29 is 4.74 Å². The maximum atomic E-state index is 5.45. The van der Waals surface area contributed by atoms with E-state index in [1.165, 1.54) is 5.56 Å². The lowest BCUT2D eigenvalue weighted by atomic mass is 9.87. The first-order valence-corrected chi connectivity index (χ1v) is 5.16. The second-order valence-electron chi connectivity index (χ2n) is 4.11. The molecule has 0 saturated heterocycles. The summed E-state index contributed by atoms with van der Waals surface area (Å²) in [6.45, 7) is 6.49. The summed E-state index contributed by atoms with van der Waals surface area (Å²) in [6, 6.07) is 7.78. The van der Waals surface area contributed by atoms with E-state index in [9.17, 15) is 0 Å². The van der Waals surface area contributed by atoms with Gasteiger partial charge in [0.1, 0.15) is 5.75 Å². The molecule has 0 spiro atoms. The van der Waals surface area contributed by atoms with E-state index in [0.29, 0.717) is 5.75 Å². The number of rotatable bonds is 1. The molecule has 0 fully saturated rings. The summed E-state index contributed by atoms with van der Waals surface area (Å²) in [4.78, 5) is 0. The van der Waals surface area contributed by atoms with Crippen LogP contribution in [-0.2, 0) is 5.41 Å². The Bertz CT molecular complexity index is 324. The van der Waals surface area contributed by atoms with Crippen molar-refractivity contribution in [3.63, 3.8) is 0 Å². The minimum Gasteiger partial charge on any atom is -0.436 e. The van der Waals surface area contributed by atoms with Crippen LogP contribution in [0.4, 0.5) is 0 Å². The standard InChI is InChI=1S/C11H13ClOS/c1-11(2,3)8-4-6-9(7-5-8)13-10(12)14/h4-7H,1-3H3. The van der Waals surface area contributed by atoms with Crippen LogP contribution in [0.15, 0.2) is 24.3 Å². The number of thiocarbonyl (C=S) groups is 1. The van der Waals surface area contributed by atoms with E-state index in [1.807, 2.05) is 24.3 Å². The van der Waals surface area contributed by atoms with Gasteiger partial charge in [0.2, 0.25) is 0 Å². The molecular formula is C11H13ClOS. The maximum absolute atomic E-state index is 5.45. The third kappa shape index (κ3) is 3.28. The third-order valence-electron chi connectivity index (χ3n) is 1.92. The van der Waals surface area contributed by atoms with Crippen molar-refractivity contribution in [1.82, 2.24) is 0 Å². The van der Waals surface area contributed by atoms with Gasteiger partial charge >= 0.3 is 0 Å². The first-order chi connectivity index (χ1) is 6.39. The summed E-state index contributed by atoms with van der Waals surface area (Å²) in [5.41, 5.74) is 1.41. The van der Waals surface area contributed by atoms with Crippen molar-refractivity contribution in [3.8, 4) is 5.75 Å². The first kappa shape index (κ1) is 11.5. The van der Waals surface area contributed by atoms with Crippen molar-refractivity contribution in [2.45, 2.75) is 26.2 Å².